The van der Waals surface area contributed by atoms with Crippen LogP contribution in [0.5, 0.6) is 0 Å². The smallest absolute Gasteiger partial charge is 0.272 e. The third-order valence-corrected chi connectivity index (χ3v) is 4.23. The molecule has 2 aliphatic rings. The molecule has 22 heavy (non-hydrogen) atoms. The molecule has 3 heterocycles. The first-order valence-corrected chi connectivity index (χ1v) is 8.12. The van der Waals surface area contributed by atoms with E-state index in [4.69, 9.17) is 4.74 Å². The first kappa shape index (κ1) is 15.2. The minimum Gasteiger partial charge on any atom is -0.384 e. The SMILES string of the molecule is O=C(c1cc(NCCN2CCOCC2)ccn1)N1CCCC1. The summed E-state index contributed by atoms with van der Waals surface area (Å²) in [6.45, 7) is 7.20. The van der Waals surface area contributed by atoms with E-state index in [0.717, 1.165) is 71.0 Å². The van der Waals surface area contributed by atoms with Crippen LogP contribution in [0.25, 0.3) is 0 Å². The molecule has 1 aromatic rings. The van der Waals surface area contributed by atoms with Gasteiger partial charge in [-0.05, 0) is 25.0 Å². The van der Waals surface area contributed by atoms with E-state index in [-0.39, 0.29) is 5.91 Å². The number of carbonyl (C=O) groups excluding carboxylic acids is 1. The molecule has 0 bridgehead atoms. The summed E-state index contributed by atoms with van der Waals surface area (Å²) in [5, 5.41) is 3.38. The number of aromatic nitrogens is 1. The van der Waals surface area contributed by atoms with Crippen LogP contribution >= 0.6 is 0 Å². The van der Waals surface area contributed by atoms with Gasteiger partial charge < -0.3 is 15.0 Å². The molecule has 0 unspecified atom stereocenters. The first-order chi connectivity index (χ1) is 10.8. The molecule has 0 radical (unpaired) electrons. The van der Waals surface area contributed by atoms with Crippen LogP contribution in [-0.2, 0) is 4.74 Å². The Hall–Kier alpha value is -1.66. The molecule has 3 rings (SSSR count). The second kappa shape index (κ2) is 7.56. The van der Waals surface area contributed by atoms with Crippen molar-refractivity contribution in [3.63, 3.8) is 0 Å². The third kappa shape index (κ3) is 3.96. The van der Waals surface area contributed by atoms with Gasteiger partial charge in [0.05, 0.1) is 13.2 Å². The molecule has 0 aliphatic carbocycles. The van der Waals surface area contributed by atoms with E-state index in [0.29, 0.717) is 5.69 Å². The number of rotatable bonds is 5. The maximum atomic E-state index is 12.3. The predicted octanol–water partition coefficient (Wildman–Crippen LogP) is 1.06. The summed E-state index contributed by atoms with van der Waals surface area (Å²) in [7, 11) is 0. The van der Waals surface area contributed by atoms with Crippen LogP contribution in [0.4, 0.5) is 5.69 Å². The van der Waals surface area contributed by atoms with E-state index in [1.165, 1.54) is 0 Å². The summed E-state index contributed by atoms with van der Waals surface area (Å²) < 4.78 is 5.34. The van der Waals surface area contributed by atoms with Crippen molar-refractivity contribution in [2.75, 3.05) is 57.8 Å². The fourth-order valence-corrected chi connectivity index (χ4v) is 2.92. The maximum absolute atomic E-state index is 12.3. The number of anilines is 1. The van der Waals surface area contributed by atoms with Crippen LogP contribution in [0.1, 0.15) is 23.3 Å². The Bertz CT molecular complexity index is 497. The number of nitrogens with zero attached hydrogens (tertiary/aromatic N) is 3. The quantitative estimate of drug-likeness (QED) is 0.881. The zero-order valence-electron chi connectivity index (χ0n) is 13.0. The van der Waals surface area contributed by atoms with Gasteiger partial charge >= 0.3 is 0 Å². The number of carbonyl (C=O) groups is 1. The number of morpholine rings is 1. The average Bonchev–Trinajstić information content (AvgIpc) is 3.10. The molecule has 2 saturated heterocycles. The Balaban J connectivity index is 1.51. The standard InChI is InChI=1S/C16H24N4O2/c21-16(20-6-1-2-7-20)15-13-14(3-4-18-15)17-5-8-19-9-11-22-12-10-19/h3-4,13H,1-2,5-12H2,(H,17,18). The van der Waals surface area contributed by atoms with Gasteiger partial charge in [0.25, 0.3) is 5.91 Å². The van der Waals surface area contributed by atoms with Crippen molar-refractivity contribution in [2.45, 2.75) is 12.8 Å². The summed E-state index contributed by atoms with van der Waals surface area (Å²) in [6, 6.07) is 3.78. The van der Waals surface area contributed by atoms with Crippen LogP contribution in [0.3, 0.4) is 0 Å². The van der Waals surface area contributed by atoms with E-state index >= 15 is 0 Å². The number of hydrogen-bond donors (Lipinski definition) is 1. The topological polar surface area (TPSA) is 57.7 Å². The van der Waals surface area contributed by atoms with Crippen molar-refractivity contribution in [1.82, 2.24) is 14.8 Å². The Kier molecular flexibility index (Phi) is 5.24. The molecule has 1 amide bonds. The van der Waals surface area contributed by atoms with Crippen molar-refractivity contribution in [1.29, 1.82) is 0 Å². The molecule has 120 valence electrons. The Morgan fingerprint density at radius 3 is 2.77 bits per heavy atom. The highest BCUT2D eigenvalue weighted by molar-refractivity contribution is 5.93. The van der Waals surface area contributed by atoms with Crippen LogP contribution in [0.15, 0.2) is 18.3 Å². The number of likely N-dealkylation sites (tertiary alicyclic amines) is 1. The van der Waals surface area contributed by atoms with Gasteiger partial charge in [-0.3, -0.25) is 14.7 Å². The van der Waals surface area contributed by atoms with Crippen LogP contribution < -0.4 is 5.32 Å². The predicted molar refractivity (Wildman–Crippen MR) is 85.1 cm³/mol. The zero-order chi connectivity index (χ0) is 15.2. The van der Waals surface area contributed by atoms with Gasteiger partial charge in [-0.1, -0.05) is 0 Å². The molecular formula is C16H24N4O2. The highest BCUT2D eigenvalue weighted by atomic mass is 16.5. The Labute approximate surface area is 131 Å². The van der Waals surface area contributed by atoms with Crippen LogP contribution in [0, 0.1) is 0 Å². The van der Waals surface area contributed by atoms with Gasteiger partial charge in [-0.25, -0.2) is 0 Å². The van der Waals surface area contributed by atoms with Crippen molar-refractivity contribution >= 4 is 11.6 Å². The lowest BCUT2D eigenvalue weighted by molar-refractivity contribution is 0.0398. The van der Waals surface area contributed by atoms with E-state index in [1.807, 2.05) is 17.0 Å². The van der Waals surface area contributed by atoms with Gasteiger partial charge in [-0.15, -0.1) is 0 Å². The average molecular weight is 304 g/mol. The van der Waals surface area contributed by atoms with E-state index in [1.54, 1.807) is 6.20 Å². The van der Waals surface area contributed by atoms with Crippen molar-refractivity contribution in [2.24, 2.45) is 0 Å². The van der Waals surface area contributed by atoms with Crippen molar-refractivity contribution in [3.05, 3.63) is 24.0 Å². The molecule has 2 fully saturated rings. The van der Waals surface area contributed by atoms with E-state index in [2.05, 4.69) is 15.2 Å². The summed E-state index contributed by atoms with van der Waals surface area (Å²) in [5.41, 5.74) is 1.50. The second-order valence-electron chi connectivity index (χ2n) is 5.81. The normalized spacial score (nSPS) is 19.4. The van der Waals surface area contributed by atoms with Crippen LogP contribution in [0.2, 0.25) is 0 Å². The molecule has 0 spiro atoms. The zero-order valence-corrected chi connectivity index (χ0v) is 13.0. The van der Waals surface area contributed by atoms with Gasteiger partial charge in [0.15, 0.2) is 0 Å². The number of nitrogens with one attached hydrogen (secondary N) is 1. The van der Waals surface area contributed by atoms with Gasteiger partial charge in [0, 0.05) is 51.2 Å². The molecule has 6 heteroatoms. The largest absolute Gasteiger partial charge is 0.384 e. The van der Waals surface area contributed by atoms with Gasteiger partial charge in [0.1, 0.15) is 5.69 Å². The second-order valence-corrected chi connectivity index (χ2v) is 5.81. The highest BCUT2D eigenvalue weighted by Gasteiger charge is 2.20. The monoisotopic (exact) mass is 304 g/mol. The molecular weight excluding hydrogens is 280 g/mol. The fraction of sp³-hybridized carbons (Fsp3) is 0.625. The third-order valence-electron chi connectivity index (χ3n) is 4.23. The molecule has 1 N–H and O–H groups in total. The van der Waals surface area contributed by atoms with Gasteiger partial charge in [-0.2, -0.15) is 0 Å². The molecule has 0 atom stereocenters. The van der Waals surface area contributed by atoms with E-state index in [9.17, 15) is 4.79 Å². The first-order valence-electron chi connectivity index (χ1n) is 8.12. The molecule has 1 aromatic heterocycles. The number of ether oxygens (including phenoxy) is 1. The van der Waals surface area contributed by atoms with Gasteiger partial charge in [0.2, 0.25) is 0 Å². The van der Waals surface area contributed by atoms with Crippen molar-refractivity contribution < 1.29 is 9.53 Å². The minimum atomic E-state index is 0.0503. The lowest BCUT2D eigenvalue weighted by atomic mass is 10.3. The lowest BCUT2D eigenvalue weighted by Crippen LogP contribution is -2.39. The summed E-state index contributed by atoms with van der Waals surface area (Å²) in [4.78, 5) is 20.8. The summed E-state index contributed by atoms with van der Waals surface area (Å²) in [5.74, 6) is 0.0503. The summed E-state index contributed by atoms with van der Waals surface area (Å²) in [6.07, 6.45) is 3.91. The van der Waals surface area contributed by atoms with E-state index < -0.39 is 0 Å². The fourth-order valence-electron chi connectivity index (χ4n) is 2.92. The minimum absolute atomic E-state index is 0.0503. The molecule has 2 aliphatic heterocycles. The number of amides is 1. The van der Waals surface area contributed by atoms with Crippen molar-refractivity contribution in [3.8, 4) is 0 Å². The summed E-state index contributed by atoms with van der Waals surface area (Å²) >= 11 is 0. The lowest BCUT2D eigenvalue weighted by Gasteiger charge is -2.26. The Morgan fingerprint density at radius 2 is 2.00 bits per heavy atom. The maximum Gasteiger partial charge on any atom is 0.272 e. The number of hydrogen-bond acceptors (Lipinski definition) is 5. The molecule has 0 aromatic carbocycles. The van der Waals surface area contributed by atoms with Crippen LogP contribution in [-0.4, -0.2) is 73.2 Å². The Morgan fingerprint density at radius 1 is 1.23 bits per heavy atom. The molecule has 0 saturated carbocycles. The highest BCUT2D eigenvalue weighted by Crippen LogP contribution is 2.14. The molecule has 6 nitrogen and oxygen atoms in total. The number of pyridine rings is 1.